The Morgan fingerprint density at radius 3 is 2.44 bits per heavy atom. The molecule has 0 aromatic heterocycles. The molecule has 2 atom stereocenters. The molecule has 8 nitrogen and oxygen atoms in total. The lowest BCUT2D eigenvalue weighted by atomic mass is 10.0. The van der Waals surface area contributed by atoms with Crippen molar-refractivity contribution in [3.8, 4) is 0 Å². The van der Waals surface area contributed by atoms with Crippen molar-refractivity contribution >= 4 is 23.6 Å². The van der Waals surface area contributed by atoms with Gasteiger partial charge < -0.3 is 21.3 Å². The van der Waals surface area contributed by atoms with Gasteiger partial charge in [0.25, 0.3) is 0 Å². The van der Waals surface area contributed by atoms with Crippen LogP contribution in [0.4, 0.5) is 0 Å². The zero-order chi connectivity index (χ0) is 18.6. The van der Waals surface area contributed by atoms with Crippen molar-refractivity contribution in [2.45, 2.75) is 38.9 Å². The van der Waals surface area contributed by atoms with E-state index in [9.17, 15) is 14.4 Å². The second-order valence-corrected chi connectivity index (χ2v) is 6.09. The Labute approximate surface area is 146 Å². The van der Waals surface area contributed by atoms with Crippen LogP contribution in [0.25, 0.3) is 0 Å². The lowest BCUT2D eigenvalue weighted by Crippen LogP contribution is -2.61. The van der Waals surface area contributed by atoms with Crippen LogP contribution in [0.3, 0.4) is 0 Å². The molecule has 1 heterocycles. The second-order valence-electron chi connectivity index (χ2n) is 6.09. The lowest BCUT2D eigenvalue weighted by Gasteiger charge is -2.41. The van der Waals surface area contributed by atoms with Gasteiger partial charge in [-0.1, -0.05) is 24.3 Å². The van der Waals surface area contributed by atoms with Crippen LogP contribution in [0.1, 0.15) is 31.4 Å². The van der Waals surface area contributed by atoms with E-state index in [4.69, 9.17) is 11.1 Å². The van der Waals surface area contributed by atoms with E-state index < -0.39 is 12.1 Å². The number of nitrogens with one attached hydrogen (secondary N) is 3. The summed E-state index contributed by atoms with van der Waals surface area (Å²) >= 11 is 0. The Hall–Kier alpha value is -2.90. The Morgan fingerprint density at radius 2 is 1.96 bits per heavy atom. The second kappa shape index (κ2) is 7.78. The van der Waals surface area contributed by atoms with Crippen LogP contribution in [0.2, 0.25) is 0 Å². The molecule has 1 saturated heterocycles. The van der Waals surface area contributed by atoms with Crippen LogP contribution >= 0.6 is 0 Å². The van der Waals surface area contributed by atoms with Gasteiger partial charge in [-0.2, -0.15) is 0 Å². The fourth-order valence-corrected chi connectivity index (χ4v) is 2.65. The van der Waals surface area contributed by atoms with E-state index in [1.807, 2.05) is 0 Å². The highest BCUT2D eigenvalue weighted by molar-refractivity contribution is 5.95. The number of likely N-dealkylation sites (tertiary alicyclic amines) is 1. The highest BCUT2D eigenvalue weighted by atomic mass is 16.2. The number of carbonyl (C=O) groups is 3. The van der Waals surface area contributed by atoms with E-state index in [1.54, 1.807) is 31.2 Å². The van der Waals surface area contributed by atoms with Gasteiger partial charge in [-0.05, 0) is 18.9 Å². The lowest BCUT2D eigenvalue weighted by molar-refractivity contribution is -0.149. The summed E-state index contributed by atoms with van der Waals surface area (Å²) in [4.78, 5) is 37.1. The van der Waals surface area contributed by atoms with Crippen LogP contribution in [0.5, 0.6) is 0 Å². The van der Waals surface area contributed by atoms with Gasteiger partial charge in [0, 0.05) is 25.6 Å². The molecule has 2 rings (SSSR count). The van der Waals surface area contributed by atoms with Crippen LogP contribution in [0, 0.1) is 5.41 Å². The topological polar surface area (TPSA) is 128 Å². The summed E-state index contributed by atoms with van der Waals surface area (Å²) in [5, 5.41) is 12.7. The van der Waals surface area contributed by atoms with Crippen molar-refractivity contribution in [3.63, 3.8) is 0 Å². The van der Waals surface area contributed by atoms with Crippen molar-refractivity contribution in [3.05, 3.63) is 35.4 Å². The molecule has 0 bridgehead atoms. The zero-order valence-corrected chi connectivity index (χ0v) is 14.3. The van der Waals surface area contributed by atoms with Crippen LogP contribution in [0.15, 0.2) is 24.3 Å². The van der Waals surface area contributed by atoms with Crippen molar-refractivity contribution in [1.82, 2.24) is 15.5 Å². The first-order valence-corrected chi connectivity index (χ1v) is 8.08. The Morgan fingerprint density at radius 1 is 1.32 bits per heavy atom. The van der Waals surface area contributed by atoms with Gasteiger partial charge in [0.2, 0.25) is 17.7 Å². The number of amides is 3. The number of hydrogen-bond acceptors (Lipinski definition) is 4. The summed E-state index contributed by atoms with van der Waals surface area (Å²) in [5.74, 6) is -0.762. The minimum Gasteiger partial charge on any atom is -0.384 e. The summed E-state index contributed by atoms with van der Waals surface area (Å²) in [7, 11) is 0. The molecule has 0 spiro atoms. The normalized spacial score (nSPS) is 17.2. The van der Waals surface area contributed by atoms with E-state index in [2.05, 4.69) is 10.6 Å². The third kappa shape index (κ3) is 4.56. The Kier molecular flexibility index (Phi) is 5.74. The van der Waals surface area contributed by atoms with Gasteiger partial charge in [0.05, 0.1) is 0 Å². The summed E-state index contributed by atoms with van der Waals surface area (Å²) < 4.78 is 0. The number of hydrogen-bond donors (Lipinski definition) is 4. The minimum absolute atomic E-state index is 0.00695. The van der Waals surface area contributed by atoms with Crippen LogP contribution in [-0.2, 0) is 20.9 Å². The van der Waals surface area contributed by atoms with Gasteiger partial charge >= 0.3 is 0 Å². The largest absolute Gasteiger partial charge is 0.384 e. The molecule has 5 N–H and O–H groups in total. The minimum atomic E-state index is -0.646. The van der Waals surface area contributed by atoms with E-state index in [1.165, 1.54) is 11.8 Å². The number of nitrogens with two attached hydrogens (primary N) is 1. The molecular weight excluding hydrogens is 322 g/mol. The van der Waals surface area contributed by atoms with E-state index >= 15 is 0 Å². The molecule has 8 heteroatoms. The fourth-order valence-electron chi connectivity index (χ4n) is 2.65. The molecule has 134 valence electrons. The predicted octanol–water partition coefficient (Wildman–Crippen LogP) is -0.288. The molecule has 1 fully saturated rings. The van der Waals surface area contributed by atoms with E-state index in [0.717, 1.165) is 5.56 Å². The summed E-state index contributed by atoms with van der Waals surface area (Å²) in [6.45, 7) is 3.79. The van der Waals surface area contributed by atoms with Crippen molar-refractivity contribution < 1.29 is 14.4 Å². The quantitative estimate of drug-likeness (QED) is 0.417. The van der Waals surface area contributed by atoms with Crippen molar-refractivity contribution in [2.24, 2.45) is 5.73 Å². The molecule has 3 amide bonds. The molecule has 1 aliphatic heterocycles. The average Bonchev–Trinajstić information content (AvgIpc) is 2.51. The predicted molar refractivity (Wildman–Crippen MR) is 92.7 cm³/mol. The number of carbonyl (C=O) groups excluding carboxylic acids is 3. The number of rotatable bonds is 6. The summed E-state index contributed by atoms with van der Waals surface area (Å²) in [6, 6.07) is 5.88. The third-order valence-electron chi connectivity index (χ3n) is 4.13. The highest BCUT2D eigenvalue weighted by Gasteiger charge is 2.39. The summed E-state index contributed by atoms with van der Waals surface area (Å²) in [6.07, 6.45) is 0.605. The molecule has 0 saturated carbocycles. The van der Waals surface area contributed by atoms with Gasteiger partial charge in [-0.25, -0.2) is 0 Å². The third-order valence-corrected chi connectivity index (χ3v) is 4.13. The fraction of sp³-hybridized carbons (Fsp3) is 0.412. The van der Waals surface area contributed by atoms with Gasteiger partial charge in [-0.15, -0.1) is 0 Å². The standard InChI is InChI=1S/C17H23N5O3/c1-10(21-11(2)23)17(25)22-8-7-14(22)16(24)20-9-12-3-5-13(6-4-12)15(18)19/h3-6,10,14H,7-9H2,1-2H3,(H3,18,19)(H,20,24)(H,21,23)/t10-,14+/m1/s1. The highest BCUT2D eigenvalue weighted by Crippen LogP contribution is 2.19. The summed E-state index contributed by atoms with van der Waals surface area (Å²) in [5.41, 5.74) is 6.90. The molecule has 0 radical (unpaired) electrons. The number of nitrogens with zero attached hydrogens (tertiary/aromatic N) is 1. The smallest absolute Gasteiger partial charge is 0.245 e. The monoisotopic (exact) mass is 345 g/mol. The first-order chi connectivity index (χ1) is 11.8. The molecule has 1 aromatic rings. The molecule has 0 unspecified atom stereocenters. The first kappa shape index (κ1) is 18.4. The zero-order valence-electron chi connectivity index (χ0n) is 14.3. The number of benzene rings is 1. The van der Waals surface area contributed by atoms with Crippen molar-refractivity contribution in [1.29, 1.82) is 5.41 Å². The van der Waals surface area contributed by atoms with Gasteiger partial charge in [0.15, 0.2) is 0 Å². The van der Waals surface area contributed by atoms with Crippen LogP contribution < -0.4 is 16.4 Å². The number of nitrogen functional groups attached to an aromatic ring is 1. The maximum absolute atomic E-state index is 12.3. The van der Waals surface area contributed by atoms with E-state index in [-0.39, 0.29) is 23.6 Å². The Balaban J connectivity index is 1.87. The Bertz CT molecular complexity index is 686. The molecular formula is C17H23N5O3. The van der Waals surface area contributed by atoms with Gasteiger partial charge in [-0.3, -0.25) is 19.8 Å². The van der Waals surface area contributed by atoms with Crippen LogP contribution in [-0.4, -0.2) is 47.1 Å². The first-order valence-electron chi connectivity index (χ1n) is 8.08. The molecule has 1 aliphatic rings. The maximum atomic E-state index is 12.3. The molecule has 25 heavy (non-hydrogen) atoms. The maximum Gasteiger partial charge on any atom is 0.245 e. The molecule has 0 aliphatic carbocycles. The van der Waals surface area contributed by atoms with Gasteiger partial charge in [0.1, 0.15) is 17.9 Å². The SMILES string of the molecule is CC(=O)N[C@H](C)C(=O)N1CC[C@H]1C(=O)NCc1ccc(C(=N)N)cc1. The van der Waals surface area contributed by atoms with Crippen molar-refractivity contribution in [2.75, 3.05) is 6.54 Å². The number of amidine groups is 1. The average molecular weight is 345 g/mol. The molecule has 1 aromatic carbocycles. The van der Waals surface area contributed by atoms with E-state index in [0.29, 0.717) is 25.1 Å².